The molecule has 1 fully saturated rings. The van der Waals surface area contributed by atoms with E-state index in [1.165, 1.54) is 0 Å². The van der Waals surface area contributed by atoms with E-state index in [0.29, 0.717) is 30.2 Å². The number of benzene rings is 1. The Kier molecular flexibility index (Phi) is 7.74. The van der Waals surface area contributed by atoms with Crippen molar-refractivity contribution >= 4 is 5.91 Å². The summed E-state index contributed by atoms with van der Waals surface area (Å²) in [5, 5.41) is 3.94. The second-order valence-electron chi connectivity index (χ2n) is 7.67. The lowest BCUT2D eigenvalue weighted by Gasteiger charge is -2.21. The number of aryl methyl sites for hydroxylation is 2. The number of aromatic nitrogens is 1. The van der Waals surface area contributed by atoms with E-state index in [9.17, 15) is 4.79 Å². The molecule has 164 valence electrons. The van der Waals surface area contributed by atoms with Crippen molar-refractivity contribution in [3.63, 3.8) is 0 Å². The van der Waals surface area contributed by atoms with Gasteiger partial charge in [-0.1, -0.05) is 12.1 Å². The van der Waals surface area contributed by atoms with Crippen LogP contribution in [-0.4, -0.2) is 48.9 Å². The number of ether oxygens (including phenoxy) is 3. The van der Waals surface area contributed by atoms with Crippen molar-refractivity contribution in [3.05, 3.63) is 40.8 Å². The van der Waals surface area contributed by atoms with Crippen LogP contribution in [0.3, 0.4) is 0 Å². The van der Waals surface area contributed by atoms with Crippen LogP contribution in [0.5, 0.6) is 11.5 Å². The number of carbonyl (C=O) groups is 1. The Morgan fingerprint density at radius 3 is 2.77 bits per heavy atom. The van der Waals surface area contributed by atoms with Gasteiger partial charge in [0.15, 0.2) is 11.5 Å². The molecule has 1 aromatic heterocycles. The second kappa shape index (κ2) is 10.5. The van der Waals surface area contributed by atoms with Gasteiger partial charge in [0.05, 0.1) is 24.5 Å². The molecule has 30 heavy (non-hydrogen) atoms. The van der Waals surface area contributed by atoms with Crippen molar-refractivity contribution in [1.29, 1.82) is 0 Å². The SMILES string of the molecule is CCCOC1CCCN(C(=O)c2ccc(OCc3c(C)noc3C)c(OC)c2)CC1. The number of rotatable bonds is 8. The first-order chi connectivity index (χ1) is 14.5. The fourth-order valence-corrected chi connectivity index (χ4v) is 3.68. The van der Waals surface area contributed by atoms with Gasteiger partial charge in [-0.2, -0.15) is 0 Å². The lowest BCUT2D eigenvalue weighted by molar-refractivity contribution is 0.0432. The second-order valence-corrected chi connectivity index (χ2v) is 7.67. The van der Waals surface area contributed by atoms with E-state index in [1.807, 2.05) is 18.7 Å². The van der Waals surface area contributed by atoms with Gasteiger partial charge >= 0.3 is 0 Å². The minimum atomic E-state index is 0.0155. The molecule has 3 rings (SSSR count). The maximum absolute atomic E-state index is 13.1. The Morgan fingerprint density at radius 1 is 1.23 bits per heavy atom. The Morgan fingerprint density at radius 2 is 2.07 bits per heavy atom. The summed E-state index contributed by atoms with van der Waals surface area (Å²) in [6, 6.07) is 5.33. The van der Waals surface area contributed by atoms with Gasteiger partial charge in [-0.25, -0.2) is 0 Å². The number of nitrogens with zero attached hydrogens (tertiary/aromatic N) is 2. The molecule has 7 nitrogen and oxygen atoms in total. The fraction of sp³-hybridized carbons (Fsp3) is 0.565. The van der Waals surface area contributed by atoms with E-state index in [0.717, 1.165) is 55.9 Å². The van der Waals surface area contributed by atoms with Crippen molar-refractivity contribution in [2.24, 2.45) is 0 Å². The molecule has 1 aliphatic rings. The van der Waals surface area contributed by atoms with Gasteiger partial charge in [-0.3, -0.25) is 4.79 Å². The number of hydrogen-bond acceptors (Lipinski definition) is 6. The highest BCUT2D eigenvalue weighted by atomic mass is 16.5. The summed E-state index contributed by atoms with van der Waals surface area (Å²) in [5.41, 5.74) is 2.33. The van der Waals surface area contributed by atoms with Gasteiger partial charge in [0.2, 0.25) is 0 Å². The van der Waals surface area contributed by atoms with Crippen molar-refractivity contribution < 1.29 is 23.5 Å². The monoisotopic (exact) mass is 416 g/mol. The predicted molar refractivity (Wildman–Crippen MR) is 113 cm³/mol. The van der Waals surface area contributed by atoms with Crippen LogP contribution in [0.1, 0.15) is 60.0 Å². The van der Waals surface area contributed by atoms with Gasteiger partial charge in [-0.15, -0.1) is 0 Å². The molecule has 0 aliphatic carbocycles. The van der Waals surface area contributed by atoms with Gasteiger partial charge < -0.3 is 23.6 Å². The topological polar surface area (TPSA) is 74.0 Å². The minimum Gasteiger partial charge on any atom is -0.493 e. The number of carbonyl (C=O) groups excluding carboxylic acids is 1. The summed E-state index contributed by atoms with van der Waals surface area (Å²) in [7, 11) is 1.58. The number of amides is 1. The Bertz CT molecular complexity index is 829. The van der Waals surface area contributed by atoms with Gasteiger partial charge in [0.25, 0.3) is 5.91 Å². The number of hydrogen-bond donors (Lipinski definition) is 0. The van der Waals surface area contributed by atoms with Gasteiger partial charge in [0.1, 0.15) is 12.4 Å². The lowest BCUT2D eigenvalue weighted by Crippen LogP contribution is -2.32. The van der Waals surface area contributed by atoms with E-state index in [-0.39, 0.29) is 12.0 Å². The van der Waals surface area contributed by atoms with Gasteiger partial charge in [-0.05, 0) is 57.7 Å². The zero-order valence-corrected chi connectivity index (χ0v) is 18.4. The average Bonchev–Trinajstić information content (AvgIpc) is 2.95. The van der Waals surface area contributed by atoms with Crippen molar-refractivity contribution in [1.82, 2.24) is 10.1 Å². The van der Waals surface area contributed by atoms with Crippen molar-refractivity contribution in [2.75, 3.05) is 26.8 Å². The van der Waals surface area contributed by atoms with E-state index in [1.54, 1.807) is 25.3 Å². The summed E-state index contributed by atoms with van der Waals surface area (Å²) in [5.74, 6) is 1.87. The highest BCUT2D eigenvalue weighted by Crippen LogP contribution is 2.30. The fourth-order valence-electron chi connectivity index (χ4n) is 3.68. The lowest BCUT2D eigenvalue weighted by atomic mass is 10.1. The first-order valence-electron chi connectivity index (χ1n) is 10.7. The molecule has 2 aromatic rings. The maximum Gasteiger partial charge on any atom is 0.253 e. The van der Waals surface area contributed by atoms with Crippen LogP contribution in [-0.2, 0) is 11.3 Å². The van der Waals surface area contributed by atoms with Crippen LogP contribution in [0.25, 0.3) is 0 Å². The van der Waals surface area contributed by atoms with Crippen LogP contribution in [0.15, 0.2) is 22.7 Å². The van der Waals surface area contributed by atoms with Crippen LogP contribution < -0.4 is 9.47 Å². The summed E-state index contributed by atoms with van der Waals surface area (Å²) in [4.78, 5) is 15.0. The molecule has 0 N–H and O–H groups in total. The molecule has 2 heterocycles. The Labute approximate surface area is 178 Å². The molecule has 7 heteroatoms. The van der Waals surface area contributed by atoms with Crippen LogP contribution in [0.4, 0.5) is 0 Å². The van der Waals surface area contributed by atoms with E-state index >= 15 is 0 Å². The smallest absolute Gasteiger partial charge is 0.253 e. The Hall–Kier alpha value is -2.54. The van der Waals surface area contributed by atoms with Crippen LogP contribution >= 0.6 is 0 Å². The van der Waals surface area contributed by atoms with E-state index < -0.39 is 0 Å². The zero-order valence-electron chi connectivity index (χ0n) is 18.4. The molecule has 0 bridgehead atoms. The van der Waals surface area contributed by atoms with Crippen LogP contribution in [0.2, 0.25) is 0 Å². The molecule has 1 aromatic carbocycles. The standard InChI is InChI=1S/C23H32N2O5/c1-5-13-28-19-7-6-11-25(12-10-19)23(26)18-8-9-21(22(14-18)27-4)29-15-20-16(2)24-30-17(20)3/h8-9,14,19H,5-7,10-13,15H2,1-4H3. The first-order valence-corrected chi connectivity index (χ1v) is 10.7. The maximum atomic E-state index is 13.1. The molecule has 0 spiro atoms. The quantitative estimate of drug-likeness (QED) is 0.639. The highest BCUT2D eigenvalue weighted by molar-refractivity contribution is 5.95. The van der Waals surface area contributed by atoms with Crippen molar-refractivity contribution in [2.45, 2.75) is 59.2 Å². The minimum absolute atomic E-state index is 0.0155. The number of methoxy groups -OCH3 is 1. The molecule has 0 radical (unpaired) electrons. The first kappa shape index (κ1) is 22.2. The van der Waals surface area contributed by atoms with E-state index in [2.05, 4.69) is 12.1 Å². The van der Waals surface area contributed by atoms with E-state index in [4.69, 9.17) is 18.7 Å². The molecule has 1 unspecified atom stereocenters. The molecule has 1 saturated heterocycles. The summed E-state index contributed by atoms with van der Waals surface area (Å²) < 4.78 is 22.5. The Balaban J connectivity index is 1.65. The molecule has 1 aliphatic heterocycles. The summed E-state index contributed by atoms with van der Waals surface area (Å²) in [6.45, 7) is 8.42. The molecule has 0 saturated carbocycles. The number of likely N-dealkylation sites (tertiary alicyclic amines) is 1. The average molecular weight is 417 g/mol. The third-order valence-electron chi connectivity index (χ3n) is 5.48. The third-order valence-corrected chi connectivity index (χ3v) is 5.48. The predicted octanol–water partition coefficient (Wildman–Crippen LogP) is 4.30. The summed E-state index contributed by atoms with van der Waals surface area (Å²) >= 11 is 0. The molecule has 1 amide bonds. The zero-order chi connectivity index (χ0) is 21.5. The normalized spacial score (nSPS) is 16.9. The van der Waals surface area contributed by atoms with Gasteiger partial charge in [0, 0.05) is 25.3 Å². The van der Waals surface area contributed by atoms with Crippen LogP contribution in [0, 0.1) is 13.8 Å². The highest BCUT2D eigenvalue weighted by Gasteiger charge is 2.23. The molecular formula is C23H32N2O5. The third kappa shape index (κ3) is 5.33. The molecule has 1 atom stereocenters. The van der Waals surface area contributed by atoms with Crippen molar-refractivity contribution in [3.8, 4) is 11.5 Å². The largest absolute Gasteiger partial charge is 0.493 e. The summed E-state index contributed by atoms with van der Waals surface area (Å²) in [6.07, 6.45) is 4.10. The molecular weight excluding hydrogens is 384 g/mol.